The summed E-state index contributed by atoms with van der Waals surface area (Å²) >= 11 is 1.56. The minimum absolute atomic E-state index is 0.299. The molecule has 0 saturated carbocycles. The predicted octanol–water partition coefficient (Wildman–Crippen LogP) is 2.09. The number of pyridine rings is 1. The standard InChI is InChI=1S/C13H16N6S/c1-2-4-9(7-14)12-18-19-11(16-17-13(19)20-12)10-5-3-6-15-8-10/h3,5-6,8-9H,2,4,7,14H2,1H3. The Labute approximate surface area is 120 Å². The van der Waals surface area contributed by atoms with E-state index in [9.17, 15) is 0 Å². The molecule has 3 aromatic heterocycles. The summed E-state index contributed by atoms with van der Waals surface area (Å²) in [7, 11) is 0. The molecule has 0 aliphatic carbocycles. The van der Waals surface area contributed by atoms with Crippen molar-refractivity contribution >= 4 is 16.3 Å². The number of rotatable bonds is 5. The highest BCUT2D eigenvalue weighted by atomic mass is 32.1. The molecule has 0 spiro atoms. The summed E-state index contributed by atoms with van der Waals surface area (Å²) in [5.74, 6) is 1.02. The lowest BCUT2D eigenvalue weighted by atomic mass is 10.1. The van der Waals surface area contributed by atoms with Crippen LogP contribution in [0.5, 0.6) is 0 Å². The summed E-state index contributed by atoms with van der Waals surface area (Å²) in [6.45, 7) is 2.77. The fourth-order valence-corrected chi connectivity index (χ4v) is 3.15. The predicted molar refractivity (Wildman–Crippen MR) is 78.6 cm³/mol. The van der Waals surface area contributed by atoms with E-state index in [1.54, 1.807) is 28.2 Å². The monoisotopic (exact) mass is 288 g/mol. The average Bonchev–Trinajstić information content (AvgIpc) is 3.05. The minimum atomic E-state index is 0.299. The van der Waals surface area contributed by atoms with Crippen LogP contribution in [0.25, 0.3) is 16.3 Å². The smallest absolute Gasteiger partial charge is 0.234 e. The third kappa shape index (κ3) is 2.30. The number of hydrogen-bond donors (Lipinski definition) is 1. The minimum Gasteiger partial charge on any atom is -0.330 e. The molecule has 7 heteroatoms. The van der Waals surface area contributed by atoms with E-state index >= 15 is 0 Å². The van der Waals surface area contributed by atoms with E-state index in [4.69, 9.17) is 5.73 Å². The molecule has 0 fully saturated rings. The molecule has 0 amide bonds. The van der Waals surface area contributed by atoms with Gasteiger partial charge in [-0.1, -0.05) is 24.7 Å². The van der Waals surface area contributed by atoms with Crippen LogP contribution in [-0.4, -0.2) is 31.3 Å². The molecule has 1 unspecified atom stereocenters. The molecule has 1 atom stereocenters. The molecule has 0 aromatic carbocycles. The van der Waals surface area contributed by atoms with Crippen molar-refractivity contribution in [2.45, 2.75) is 25.7 Å². The van der Waals surface area contributed by atoms with Crippen molar-refractivity contribution in [1.82, 2.24) is 24.8 Å². The molecule has 3 heterocycles. The van der Waals surface area contributed by atoms with E-state index in [1.165, 1.54) is 0 Å². The SMILES string of the molecule is CCCC(CN)c1nn2c(-c3cccnc3)nnc2s1. The molecule has 3 rings (SSSR count). The summed E-state index contributed by atoms with van der Waals surface area (Å²) in [5.41, 5.74) is 6.76. The third-order valence-electron chi connectivity index (χ3n) is 3.20. The second-order valence-electron chi connectivity index (χ2n) is 4.62. The van der Waals surface area contributed by atoms with Gasteiger partial charge in [-0.2, -0.15) is 9.61 Å². The van der Waals surface area contributed by atoms with Crippen molar-refractivity contribution in [3.05, 3.63) is 29.5 Å². The second-order valence-corrected chi connectivity index (χ2v) is 5.61. The highest BCUT2D eigenvalue weighted by molar-refractivity contribution is 7.16. The van der Waals surface area contributed by atoms with Gasteiger partial charge in [-0.3, -0.25) is 4.98 Å². The topological polar surface area (TPSA) is 82.0 Å². The van der Waals surface area contributed by atoms with Gasteiger partial charge in [0.1, 0.15) is 5.01 Å². The summed E-state index contributed by atoms with van der Waals surface area (Å²) in [4.78, 5) is 4.91. The Bertz CT molecular complexity index is 689. The number of hydrogen-bond acceptors (Lipinski definition) is 6. The van der Waals surface area contributed by atoms with Crippen molar-refractivity contribution in [2.24, 2.45) is 5.73 Å². The Hall–Kier alpha value is -1.86. The van der Waals surface area contributed by atoms with E-state index in [-0.39, 0.29) is 0 Å². The summed E-state index contributed by atoms with van der Waals surface area (Å²) in [5, 5.41) is 14.1. The molecule has 0 aliphatic heterocycles. The number of nitrogens with two attached hydrogens (primary N) is 1. The van der Waals surface area contributed by atoms with Crippen molar-refractivity contribution < 1.29 is 0 Å². The van der Waals surface area contributed by atoms with Gasteiger partial charge in [0.2, 0.25) is 4.96 Å². The Morgan fingerprint density at radius 3 is 3.00 bits per heavy atom. The summed E-state index contributed by atoms with van der Waals surface area (Å²) in [6, 6.07) is 3.83. The molecule has 0 aliphatic rings. The highest BCUT2D eigenvalue weighted by Gasteiger charge is 2.18. The van der Waals surface area contributed by atoms with Gasteiger partial charge in [0, 0.05) is 30.4 Å². The molecule has 3 aromatic rings. The maximum atomic E-state index is 5.84. The lowest BCUT2D eigenvalue weighted by Gasteiger charge is -2.08. The molecule has 2 N–H and O–H groups in total. The van der Waals surface area contributed by atoms with Crippen LogP contribution in [0.4, 0.5) is 0 Å². The zero-order chi connectivity index (χ0) is 13.9. The number of nitrogens with zero attached hydrogens (tertiary/aromatic N) is 5. The first kappa shape index (κ1) is 13.1. The maximum absolute atomic E-state index is 5.84. The van der Waals surface area contributed by atoms with Gasteiger partial charge in [-0.05, 0) is 18.6 Å². The number of aromatic nitrogens is 5. The summed E-state index contributed by atoms with van der Waals surface area (Å²) in [6.07, 6.45) is 5.64. The van der Waals surface area contributed by atoms with E-state index in [1.807, 2.05) is 12.1 Å². The normalized spacial score (nSPS) is 12.9. The van der Waals surface area contributed by atoms with Crippen LogP contribution in [0, 0.1) is 0 Å². The molecule has 6 nitrogen and oxygen atoms in total. The molecule has 0 radical (unpaired) electrons. The molecule has 0 saturated heterocycles. The van der Waals surface area contributed by atoms with Crippen LogP contribution < -0.4 is 5.73 Å². The fraction of sp³-hybridized carbons (Fsp3) is 0.385. The highest BCUT2D eigenvalue weighted by Crippen LogP contribution is 2.27. The van der Waals surface area contributed by atoms with E-state index < -0.39 is 0 Å². The van der Waals surface area contributed by atoms with Crippen molar-refractivity contribution in [3.8, 4) is 11.4 Å². The Morgan fingerprint density at radius 1 is 1.40 bits per heavy atom. The van der Waals surface area contributed by atoms with Crippen LogP contribution in [0.3, 0.4) is 0 Å². The van der Waals surface area contributed by atoms with Crippen LogP contribution in [0.2, 0.25) is 0 Å². The van der Waals surface area contributed by atoms with Gasteiger partial charge in [-0.15, -0.1) is 10.2 Å². The van der Waals surface area contributed by atoms with Crippen LogP contribution in [-0.2, 0) is 0 Å². The van der Waals surface area contributed by atoms with Gasteiger partial charge < -0.3 is 5.73 Å². The zero-order valence-corrected chi connectivity index (χ0v) is 12.0. The van der Waals surface area contributed by atoms with Crippen molar-refractivity contribution in [2.75, 3.05) is 6.54 Å². The molecular weight excluding hydrogens is 272 g/mol. The van der Waals surface area contributed by atoms with E-state index in [0.29, 0.717) is 12.5 Å². The lowest BCUT2D eigenvalue weighted by molar-refractivity contribution is 0.610. The molecule has 20 heavy (non-hydrogen) atoms. The molecular formula is C13H16N6S. The quantitative estimate of drug-likeness (QED) is 0.777. The Balaban J connectivity index is 2.03. The first-order valence-electron chi connectivity index (χ1n) is 6.66. The zero-order valence-electron chi connectivity index (χ0n) is 11.2. The largest absolute Gasteiger partial charge is 0.330 e. The average molecular weight is 288 g/mol. The third-order valence-corrected chi connectivity index (χ3v) is 4.26. The summed E-state index contributed by atoms with van der Waals surface area (Å²) < 4.78 is 1.79. The van der Waals surface area contributed by atoms with Crippen LogP contribution >= 0.6 is 11.3 Å². The van der Waals surface area contributed by atoms with E-state index in [0.717, 1.165) is 34.2 Å². The van der Waals surface area contributed by atoms with Crippen LogP contribution in [0.1, 0.15) is 30.7 Å². The lowest BCUT2D eigenvalue weighted by Crippen LogP contribution is -2.12. The van der Waals surface area contributed by atoms with Crippen LogP contribution in [0.15, 0.2) is 24.5 Å². The van der Waals surface area contributed by atoms with Crippen molar-refractivity contribution in [1.29, 1.82) is 0 Å². The van der Waals surface area contributed by atoms with Gasteiger partial charge in [0.15, 0.2) is 5.82 Å². The Morgan fingerprint density at radius 2 is 2.30 bits per heavy atom. The van der Waals surface area contributed by atoms with Gasteiger partial charge in [0.25, 0.3) is 0 Å². The van der Waals surface area contributed by atoms with Gasteiger partial charge in [0.05, 0.1) is 0 Å². The van der Waals surface area contributed by atoms with Gasteiger partial charge in [-0.25, -0.2) is 0 Å². The number of fused-ring (bicyclic) bond motifs is 1. The maximum Gasteiger partial charge on any atom is 0.234 e. The Kier molecular flexibility index (Phi) is 3.70. The first-order valence-corrected chi connectivity index (χ1v) is 7.47. The van der Waals surface area contributed by atoms with E-state index in [2.05, 4.69) is 27.2 Å². The second kappa shape index (κ2) is 5.64. The fourth-order valence-electron chi connectivity index (χ4n) is 2.16. The molecule has 104 valence electrons. The molecule has 0 bridgehead atoms. The van der Waals surface area contributed by atoms with Crippen molar-refractivity contribution in [3.63, 3.8) is 0 Å². The van der Waals surface area contributed by atoms with Gasteiger partial charge >= 0.3 is 0 Å². The first-order chi connectivity index (χ1) is 9.83.